The molecular weight excluding hydrogens is 492 g/mol. The molecule has 14 heteroatoms. The molecule has 0 atom stereocenters. The number of benzene rings is 2. The van der Waals surface area contributed by atoms with Gasteiger partial charge in [-0.15, -0.1) is 0 Å². The van der Waals surface area contributed by atoms with Crippen LogP contribution >= 0.6 is 0 Å². The topological polar surface area (TPSA) is 190 Å². The van der Waals surface area contributed by atoms with Crippen LogP contribution < -0.4 is 14.9 Å². The Balaban J connectivity index is 1.59. The quantitative estimate of drug-likeness (QED) is 0.110. The molecule has 0 saturated carbocycles. The Hall–Kier alpha value is -5.79. The summed E-state index contributed by atoms with van der Waals surface area (Å²) in [5, 5.41) is 26.1. The number of ether oxygens (including phenoxy) is 2. The molecule has 4 rings (SSSR count). The first-order valence-corrected chi connectivity index (χ1v) is 10.2. The third kappa shape index (κ3) is 5.83. The molecule has 0 unspecified atom stereocenters. The maximum atomic E-state index is 12.4. The van der Waals surface area contributed by atoms with Gasteiger partial charge in [0, 0.05) is 17.7 Å². The van der Waals surface area contributed by atoms with Crippen molar-refractivity contribution in [1.82, 2.24) is 0 Å². The second-order valence-corrected chi connectivity index (χ2v) is 7.02. The second kappa shape index (κ2) is 10.6. The van der Waals surface area contributed by atoms with Crippen molar-refractivity contribution in [3.63, 3.8) is 0 Å². The smallest absolute Gasteiger partial charge is 0.379 e. The normalized spacial score (nSPS) is 10.7. The van der Waals surface area contributed by atoms with E-state index >= 15 is 0 Å². The number of nitro benzene ring substituents is 2. The number of carbonyl (C=O) groups excluding carboxylic acids is 2. The maximum Gasteiger partial charge on any atom is 0.379 e. The highest BCUT2D eigenvalue weighted by Gasteiger charge is 2.20. The van der Waals surface area contributed by atoms with Crippen LogP contribution in [0, 0.1) is 20.2 Å². The molecule has 0 bridgehead atoms. The number of nitro groups is 2. The molecule has 0 spiro atoms. The lowest BCUT2D eigenvalue weighted by molar-refractivity contribution is -0.393. The SMILES string of the molecule is O=C(Oc1ccc(/C=N/Nc2ccc([N+](=O)[O-])cc2[N+](=O)[O-])c(OC(=O)c2ccco2)c1)c1ccco1. The summed E-state index contributed by atoms with van der Waals surface area (Å²) in [7, 11) is 0. The molecular formula is C23H14N4O10. The van der Waals surface area contributed by atoms with E-state index in [9.17, 15) is 29.8 Å². The molecule has 4 aromatic rings. The zero-order valence-corrected chi connectivity index (χ0v) is 18.4. The Labute approximate surface area is 206 Å². The van der Waals surface area contributed by atoms with E-state index in [4.69, 9.17) is 18.3 Å². The Morgan fingerprint density at radius 1 is 0.865 bits per heavy atom. The first-order valence-electron chi connectivity index (χ1n) is 10.2. The number of nitrogens with one attached hydrogen (secondary N) is 1. The van der Waals surface area contributed by atoms with Gasteiger partial charge in [0.15, 0.2) is 0 Å². The average molecular weight is 506 g/mol. The van der Waals surface area contributed by atoms with Crippen LogP contribution in [0.3, 0.4) is 0 Å². The molecule has 186 valence electrons. The van der Waals surface area contributed by atoms with Crippen molar-refractivity contribution in [2.75, 3.05) is 5.43 Å². The Bertz CT molecular complexity index is 1490. The number of hydrogen-bond donors (Lipinski definition) is 1. The van der Waals surface area contributed by atoms with Crippen molar-refractivity contribution in [3.05, 3.63) is 111 Å². The summed E-state index contributed by atoms with van der Waals surface area (Å²) in [6.07, 6.45) is 3.75. The average Bonchev–Trinajstić information content (AvgIpc) is 3.60. The summed E-state index contributed by atoms with van der Waals surface area (Å²) < 4.78 is 20.6. The fourth-order valence-electron chi connectivity index (χ4n) is 2.92. The highest BCUT2D eigenvalue weighted by molar-refractivity contribution is 5.92. The molecule has 2 heterocycles. The van der Waals surface area contributed by atoms with Crippen molar-refractivity contribution in [2.45, 2.75) is 0 Å². The standard InChI is InChI=1S/C23H14N4O10/c28-22(19-3-1-9-34-19)36-16-7-5-14(21(12-16)37-23(29)20-4-2-10-35-20)13-24-25-17-8-6-15(26(30)31)11-18(17)27(32)33/h1-13,25H/b24-13+. The minimum Gasteiger partial charge on any atom is -0.457 e. The second-order valence-electron chi connectivity index (χ2n) is 7.02. The van der Waals surface area contributed by atoms with Crippen LogP contribution in [0.4, 0.5) is 17.1 Å². The fraction of sp³-hybridized carbons (Fsp3) is 0. The summed E-state index contributed by atoms with van der Waals surface area (Å²) in [4.78, 5) is 45.3. The molecule has 0 radical (unpaired) electrons. The van der Waals surface area contributed by atoms with Gasteiger partial charge >= 0.3 is 17.6 Å². The number of nitrogens with zero attached hydrogens (tertiary/aromatic N) is 3. The third-order valence-corrected chi connectivity index (χ3v) is 4.62. The number of esters is 2. The lowest BCUT2D eigenvalue weighted by atomic mass is 10.2. The van der Waals surface area contributed by atoms with E-state index in [1.807, 2.05) is 0 Å². The Morgan fingerprint density at radius 2 is 1.54 bits per heavy atom. The van der Waals surface area contributed by atoms with Gasteiger partial charge in [0.2, 0.25) is 11.5 Å². The zero-order chi connectivity index (χ0) is 26.4. The summed E-state index contributed by atoms with van der Waals surface area (Å²) in [6, 6.07) is 12.8. The van der Waals surface area contributed by atoms with Crippen molar-refractivity contribution in [2.24, 2.45) is 5.10 Å². The van der Waals surface area contributed by atoms with Gasteiger partial charge in [0.05, 0.1) is 34.7 Å². The monoisotopic (exact) mass is 506 g/mol. The number of hydrogen-bond acceptors (Lipinski definition) is 12. The van der Waals surface area contributed by atoms with Gasteiger partial charge in [-0.25, -0.2) is 9.59 Å². The first kappa shape index (κ1) is 24.3. The van der Waals surface area contributed by atoms with E-state index in [1.165, 1.54) is 61.2 Å². The van der Waals surface area contributed by atoms with Crippen molar-refractivity contribution in [1.29, 1.82) is 0 Å². The summed E-state index contributed by atoms with van der Waals surface area (Å²) in [5.74, 6) is -1.86. The molecule has 14 nitrogen and oxygen atoms in total. The number of anilines is 1. The molecule has 0 amide bonds. The van der Waals surface area contributed by atoms with Crippen LogP contribution in [-0.4, -0.2) is 28.0 Å². The third-order valence-electron chi connectivity index (χ3n) is 4.62. The molecule has 0 fully saturated rings. The number of carbonyl (C=O) groups is 2. The number of hydrazone groups is 1. The van der Waals surface area contributed by atoms with E-state index in [0.717, 1.165) is 18.2 Å². The molecule has 2 aromatic carbocycles. The van der Waals surface area contributed by atoms with Gasteiger partial charge in [-0.1, -0.05) is 0 Å². The van der Waals surface area contributed by atoms with E-state index < -0.39 is 33.2 Å². The molecule has 0 saturated heterocycles. The van der Waals surface area contributed by atoms with Gasteiger partial charge in [0.1, 0.15) is 17.2 Å². The number of furan rings is 2. The number of rotatable bonds is 9. The lowest BCUT2D eigenvalue weighted by Gasteiger charge is -2.09. The molecule has 0 aliphatic rings. The highest BCUT2D eigenvalue weighted by atomic mass is 16.6. The summed E-state index contributed by atoms with van der Waals surface area (Å²) in [6.45, 7) is 0. The van der Waals surface area contributed by atoms with Crippen molar-refractivity contribution < 1.29 is 37.7 Å². The minimum absolute atomic E-state index is 0.0137. The Morgan fingerprint density at radius 3 is 2.14 bits per heavy atom. The van der Waals surface area contributed by atoms with Crippen molar-refractivity contribution >= 4 is 35.2 Å². The lowest BCUT2D eigenvalue weighted by Crippen LogP contribution is -2.11. The number of non-ortho nitro benzene ring substituents is 1. The predicted octanol–water partition coefficient (Wildman–Crippen LogP) is 4.57. The van der Waals surface area contributed by atoms with Crippen LogP contribution in [0.1, 0.15) is 26.7 Å². The zero-order valence-electron chi connectivity index (χ0n) is 18.4. The van der Waals surface area contributed by atoms with Gasteiger partial charge < -0.3 is 18.3 Å². The van der Waals surface area contributed by atoms with Gasteiger partial charge in [-0.2, -0.15) is 5.10 Å². The largest absolute Gasteiger partial charge is 0.457 e. The molecule has 37 heavy (non-hydrogen) atoms. The van der Waals surface area contributed by atoms with Crippen LogP contribution in [0.15, 0.2) is 87.1 Å². The summed E-state index contributed by atoms with van der Waals surface area (Å²) >= 11 is 0. The molecule has 0 aliphatic heterocycles. The van der Waals surface area contributed by atoms with Crippen LogP contribution in [0.5, 0.6) is 11.5 Å². The predicted molar refractivity (Wildman–Crippen MR) is 125 cm³/mol. The van der Waals surface area contributed by atoms with Crippen LogP contribution in [0.2, 0.25) is 0 Å². The molecule has 2 aromatic heterocycles. The van der Waals surface area contributed by atoms with E-state index in [-0.39, 0.29) is 34.3 Å². The minimum atomic E-state index is -0.854. The fourth-order valence-corrected chi connectivity index (χ4v) is 2.92. The van der Waals surface area contributed by atoms with Crippen LogP contribution in [0.25, 0.3) is 0 Å². The van der Waals surface area contributed by atoms with E-state index in [2.05, 4.69) is 10.5 Å². The maximum absolute atomic E-state index is 12.4. The van der Waals surface area contributed by atoms with Gasteiger partial charge in [-0.3, -0.25) is 25.7 Å². The van der Waals surface area contributed by atoms with Crippen molar-refractivity contribution in [3.8, 4) is 11.5 Å². The highest BCUT2D eigenvalue weighted by Crippen LogP contribution is 2.29. The van der Waals surface area contributed by atoms with Gasteiger partial charge in [-0.05, 0) is 42.5 Å². The Kier molecular flexibility index (Phi) is 7.00. The molecule has 1 N–H and O–H groups in total. The first-order chi connectivity index (χ1) is 17.8. The van der Waals surface area contributed by atoms with E-state index in [0.29, 0.717) is 0 Å². The van der Waals surface area contributed by atoms with Gasteiger partial charge in [0.25, 0.3) is 5.69 Å². The van der Waals surface area contributed by atoms with Crippen LogP contribution in [-0.2, 0) is 0 Å². The van der Waals surface area contributed by atoms with E-state index in [1.54, 1.807) is 0 Å². The molecule has 0 aliphatic carbocycles. The summed E-state index contributed by atoms with van der Waals surface area (Å²) in [5.41, 5.74) is 1.48.